The fraction of sp³-hybridized carbons (Fsp3) is 0.261. The second kappa shape index (κ2) is 8.85. The Kier molecular flexibility index (Phi) is 6.48. The van der Waals surface area contributed by atoms with Crippen LogP contribution in [0.25, 0.3) is 0 Å². The summed E-state index contributed by atoms with van der Waals surface area (Å²) in [5, 5.41) is 0.921. The quantitative estimate of drug-likeness (QED) is 0.470. The zero-order valence-corrected chi connectivity index (χ0v) is 17.8. The van der Waals surface area contributed by atoms with Gasteiger partial charge in [0.1, 0.15) is 0 Å². The number of amides is 1. The molecule has 0 atom stereocenters. The van der Waals surface area contributed by atoms with E-state index in [9.17, 15) is 4.79 Å². The van der Waals surface area contributed by atoms with Crippen LogP contribution in [0.15, 0.2) is 60.8 Å². The average molecular weight is 415 g/mol. The molecule has 5 heteroatoms. The number of aryl methyl sites for hydroxylation is 1. The van der Waals surface area contributed by atoms with Gasteiger partial charge in [-0.2, -0.15) is 0 Å². The third-order valence-electron chi connectivity index (χ3n) is 4.68. The molecule has 1 aromatic heterocycles. The van der Waals surface area contributed by atoms with E-state index in [0.717, 1.165) is 12.2 Å². The van der Waals surface area contributed by atoms with E-state index in [1.807, 2.05) is 24.8 Å². The van der Waals surface area contributed by atoms with Crippen molar-refractivity contribution < 1.29 is 4.79 Å². The summed E-state index contributed by atoms with van der Waals surface area (Å²) in [6.45, 7) is 7.40. The van der Waals surface area contributed by atoms with Crippen molar-refractivity contribution in [2.75, 3.05) is 0 Å². The minimum Gasteiger partial charge on any atom is -0.345 e. The molecule has 0 aliphatic heterocycles. The van der Waals surface area contributed by atoms with Crippen molar-refractivity contribution in [2.45, 2.75) is 39.9 Å². The first-order valence-electron chi connectivity index (χ1n) is 9.30. The summed E-state index contributed by atoms with van der Waals surface area (Å²) in [6.07, 6.45) is 2.05. The number of halogens is 2. The van der Waals surface area contributed by atoms with Crippen LogP contribution < -0.4 is 0 Å². The van der Waals surface area contributed by atoms with Gasteiger partial charge in [0.25, 0.3) is 5.91 Å². The van der Waals surface area contributed by atoms with Crippen LogP contribution in [0.3, 0.4) is 0 Å². The maximum absolute atomic E-state index is 13.1. The predicted octanol–water partition coefficient (Wildman–Crippen LogP) is 6.20. The number of rotatable bonds is 6. The Morgan fingerprint density at radius 2 is 1.75 bits per heavy atom. The van der Waals surface area contributed by atoms with E-state index in [-0.39, 0.29) is 11.9 Å². The molecule has 0 N–H and O–H groups in total. The standard InChI is InChI=1S/C23H24Cl2N2O/c1-16(2)27(23(28)19-11-20(24)13-21(25)12-19)15-22-8-5-9-26(22)14-18-7-4-6-17(3)10-18/h4-13,16H,14-15H2,1-3H3. The predicted molar refractivity (Wildman–Crippen MR) is 116 cm³/mol. The number of carbonyl (C=O) groups is 1. The highest BCUT2D eigenvalue weighted by Crippen LogP contribution is 2.22. The highest BCUT2D eigenvalue weighted by molar-refractivity contribution is 6.35. The summed E-state index contributed by atoms with van der Waals surface area (Å²) in [4.78, 5) is 15.0. The Balaban J connectivity index is 1.84. The minimum absolute atomic E-state index is 0.0348. The summed E-state index contributed by atoms with van der Waals surface area (Å²) < 4.78 is 2.18. The number of aromatic nitrogens is 1. The van der Waals surface area contributed by atoms with Crippen molar-refractivity contribution >= 4 is 29.1 Å². The van der Waals surface area contributed by atoms with Crippen molar-refractivity contribution in [3.05, 3.63) is 93.2 Å². The molecular weight excluding hydrogens is 391 g/mol. The van der Waals surface area contributed by atoms with Gasteiger partial charge in [0.15, 0.2) is 0 Å². The summed E-state index contributed by atoms with van der Waals surface area (Å²) >= 11 is 12.2. The molecule has 0 aliphatic carbocycles. The smallest absolute Gasteiger partial charge is 0.254 e. The lowest BCUT2D eigenvalue weighted by atomic mass is 10.1. The molecule has 0 fully saturated rings. The molecule has 146 valence electrons. The average Bonchev–Trinajstić information content (AvgIpc) is 3.05. The number of benzene rings is 2. The molecule has 0 radical (unpaired) electrons. The topological polar surface area (TPSA) is 25.2 Å². The fourth-order valence-corrected chi connectivity index (χ4v) is 3.79. The summed E-state index contributed by atoms with van der Waals surface area (Å²) in [5.74, 6) is -0.0808. The highest BCUT2D eigenvalue weighted by atomic mass is 35.5. The maximum Gasteiger partial charge on any atom is 0.254 e. The van der Waals surface area contributed by atoms with Crippen molar-refractivity contribution in [1.82, 2.24) is 9.47 Å². The number of carbonyl (C=O) groups excluding carboxylic acids is 1. The second-order valence-corrected chi connectivity index (χ2v) is 8.17. The molecule has 0 unspecified atom stereocenters. The van der Waals surface area contributed by atoms with Crippen molar-refractivity contribution in [2.24, 2.45) is 0 Å². The van der Waals surface area contributed by atoms with E-state index in [0.29, 0.717) is 22.2 Å². The van der Waals surface area contributed by atoms with Crippen LogP contribution >= 0.6 is 23.2 Å². The SMILES string of the molecule is Cc1cccc(Cn2cccc2CN(C(=O)c2cc(Cl)cc(Cl)c2)C(C)C)c1. The van der Waals surface area contributed by atoms with Gasteiger partial charge in [-0.25, -0.2) is 0 Å². The van der Waals surface area contributed by atoms with Crippen molar-refractivity contribution in [1.29, 1.82) is 0 Å². The first kappa shape index (κ1) is 20.5. The Morgan fingerprint density at radius 3 is 2.39 bits per heavy atom. The highest BCUT2D eigenvalue weighted by Gasteiger charge is 2.21. The molecule has 3 rings (SSSR count). The molecule has 1 heterocycles. The molecule has 0 spiro atoms. The lowest BCUT2D eigenvalue weighted by molar-refractivity contribution is 0.0686. The largest absolute Gasteiger partial charge is 0.345 e. The molecule has 3 nitrogen and oxygen atoms in total. The summed E-state index contributed by atoms with van der Waals surface area (Å²) in [7, 11) is 0. The molecule has 0 aliphatic rings. The number of hydrogen-bond acceptors (Lipinski definition) is 1. The third kappa shape index (κ3) is 4.98. The van der Waals surface area contributed by atoms with Crippen molar-refractivity contribution in [3.63, 3.8) is 0 Å². The zero-order chi connectivity index (χ0) is 20.3. The molecule has 1 amide bonds. The van der Waals surface area contributed by atoms with Gasteiger partial charge in [0, 0.05) is 40.1 Å². The van der Waals surface area contributed by atoms with E-state index >= 15 is 0 Å². The van der Waals surface area contributed by atoms with Crippen molar-refractivity contribution in [3.8, 4) is 0 Å². The molecular formula is C23H24Cl2N2O. The first-order chi connectivity index (χ1) is 13.3. The van der Waals surface area contributed by atoms with Crippen LogP contribution in [-0.4, -0.2) is 21.4 Å². The Morgan fingerprint density at radius 1 is 1.04 bits per heavy atom. The molecule has 0 saturated heterocycles. The zero-order valence-electron chi connectivity index (χ0n) is 16.3. The lowest BCUT2D eigenvalue weighted by Crippen LogP contribution is -2.37. The number of hydrogen-bond donors (Lipinski definition) is 0. The van der Waals surface area contributed by atoms with Crippen LogP contribution in [0.1, 0.15) is 41.0 Å². The van der Waals surface area contributed by atoms with Gasteiger partial charge in [-0.05, 0) is 56.7 Å². The van der Waals surface area contributed by atoms with Crippen LogP contribution in [0.5, 0.6) is 0 Å². The van der Waals surface area contributed by atoms with Gasteiger partial charge < -0.3 is 9.47 Å². The van der Waals surface area contributed by atoms with Gasteiger partial charge in [0.2, 0.25) is 0 Å². The third-order valence-corrected chi connectivity index (χ3v) is 5.12. The molecule has 0 saturated carbocycles. The number of nitrogens with zero attached hydrogens (tertiary/aromatic N) is 2. The van der Waals surface area contributed by atoms with Gasteiger partial charge in [-0.15, -0.1) is 0 Å². The maximum atomic E-state index is 13.1. The second-order valence-electron chi connectivity index (χ2n) is 7.30. The van der Waals surface area contributed by atoms with E-state index in [1.165, 1.54) is 11.1 Å². The normalized spacial score (nSPS) is 11.1. The Labute approximate surface area is 176 Å². The lowest BCUT2D eigenvalue weighted by Gasteiger charge is -2.27. The minimum atomic E-state index is -0.0808. The first-order valence-corrected chi connectivity index (χ1v) is 10.1. The monoisotopic (exact) mass is 414 g/mol. The fourth-order valence-electron chi connectivity index (χ4n) is 3.26. The Hall–Kier alpha value is -2.23. The summed E-state index contributed by atoms with van der Waals surface area (Å²) in [6, 6.07) is 17.5. The molecule has 0 bridgehead atoms. The van der Waals surface area contributed by atoms with E-state index < -0.39 is 0 Å². The van der Waals surface area contributed by atoms with E-state index in [2.05, 4.69) is 48.0 Å². The van der Waals surface area contributed by atoms with Crippen LogP contribution in [0.2, 0.25) is 10.0 Å². The Bertz CT molecular complexity index is 958. The van der Waals surface area contributed by atoms with Gasteiger partial charge in [-0.3, -0.25) is 4.79 Å². The summed E-state index contributed by atoms with van der Waals surface area (Å²) in [5.41, 5.74) is 4.06. The van der Waals surface area contributed by atoms with Gasteiger partial charge >= 0.3 is 0 Å². The van der Waals surface area contributed by atoms with Gasteiger partial charge in [-0.1, -0.05) is 53.0 Å². The van der Waals surface area contributed by atoms with Gasteiger partial charge in [0.05, 0.1) is 6.54 Å². The molecule has 28 heavy (non-hydrogen) atoms. The van der Waals surface area contributed by atoms with Crippen LogP contribution in [0.4, 0.5) is 0 Å². The van der Waals surface area contributed by atoms with Crippen LogP contribution in [0, 0.1) is 6.92 Å². The molecule has 3 aromatic rings. The van der Waals surface area contributed by atoms with Crippen LogP contribution in [-0.2, 0) is 13.1 Å². The van der Waals surface area contributed by atoms with E-state index in [1.54, 1.807) is 18.2 Å². The molecule has 2 aromatic carbocycles. The van der Waals surface area contributed by atoms with E-state index in [4.69, 9.17) is 23.2 Å².